The van der Waals surface area contributed by atoms with Crippen molar-refractivity contribution in [3.63, 3.8) is 0 Å². The van der Waals surface area contributed by atoms with Gasteiger partial charge in [0.15, 0.2) is 0 Å². The van der Waals surface area contributed by atoms with Crippen molar-refractivity contribution in [2.24, 2.45) is 0 Å². The standard InChI is InChI=1S/C8H2I2N2/c9-7-1-5(3-11)6(4-12)2-8(7)10/h1-2H. The summed E-state index contributed by atoms with van der Waals surface area (Å²) in [5.41, 5.74) is 0.893. The molecule has 0 saturated carbocycles. The van der Waals surface area contributed by atoms with Crippen molar-refractivity contribution in [1.29, 1.82) is 10.5 Å². The van der Waals surface area contributed by atoms with Gasteiger partial charge in [-0.1, -0.05) is 0 Å². The highest BCUT2D eigenvalue weighted by Crippen LogP contribution is 2.19. The highest BCUT2D eigenvalue weighted by Gasteiger charge is 2.04. The Hall–Kier alpha value is -0.340. The lowest BCUT2D eigenvalue weighted by atomic mass is 10.1. The van der Waals surface area contributed by atoms with E-state index in [1.807, 2.05) is 12.1 Å². The second-order valence-electron chi connectivity index (χ2n) is 2.04. The van der Waals surface area contributed by atoms with E-state index < -0.39 is 0 Å². The molecule has 1 aromatic rings. The zero-order valence-corrected chi connectivity index (χ0v) is 10.1. The number of hydrogen-bond acceptors (Lipinski definition) is 2. The van der Waals surface area contributed by atoms with Crippen molar-refractivity contribution in [2.45, 2.75) is 0 Å². The molecule has 0 aliphatic rings. The molecule has 58 valence electrons. The molecule has 0 spiro atoms. The molecule has 0 amide bonds. The van der Waals surface area contributed by atoms with E-state index in [0.717, 1.165) is 7.14 Å². The van der Waals surface area contributed by atoms with Gasteiger partial charge in [-0.25, -0.2) is 0 Å². The molecule has 0 radical (unpaired) electrons. The van der Waals surface area contributed by atoms with E-state index in [9.17, 15) is 0 Å². The van der Waals surface area contributed by atoms with Gasteiger partial charge in [-0.2, -0.15) is 10.5 Å². The Morgan fingerprint density at radius 1 is 0.917 bits per heavy atom. The summed E-state index contributed by atoms with van der Waals surface area (Å²) >= 11 is 4.28. The van der Waals surface area contributed by atoms with Crippen LogP contribution in [0.2, 0.25) is 0 Å². The molecule has 2 nitrogen and oxygen atoms in total. The van der Waals surface area contributed by atoms with Crippen molar-refractivity contribution in [2.75, 3.05) is 0 Å². The summed E-state index contributed by atoms with van der Waals surface area (Å²) < 4.78 is 2.01. The number of nitriles is 2. The molecule has 0 aromatic heterocycles. The van der Waals surface area contributed by atoms with Crippen molar-refractivity contribution in [3.8, 4) is 12.1 Å². The molecule has 0 saturated heterocycles. The van der Waals surface area contributed by atoms with Crippen molar-refractivity contribution in [1.82, 2.24) is 0 Å². The molecule has 0 aliphatic heterocycles. The fraction of sp³-hybridized carbons (Fsp3) is 0. The molecule has 0 heterocycles. The minimum absolute atomic E-state index is 0.447. The maximum Gasteiger partial charge on any atom is 0.101 e. The van der Waals surface area contributed by atoms with Gasteiger partial charge in [0.05, 0.1) is 11.1 Å². The first-order valence-corrected chi connectivity index (χ1v) is 5.14. The minimum Gasteiger partial charge on any atom is -0.192 e. The van der Waals surface area contributed by atoms with Gasteiger partial charge >= 0.3 is 0 Å². The fourth-order valence-electron chi connectivity index (χ4n) is 0.732. The molecule has 0 aliphatic carbocycles. The van der Waals surface area contributed by atoms with Gasteiger partial charge < -0.3 is 0 Å². The van der Waals surface area contributed by atoms with E-state index in [2.05, 4.69) is 45.2 Å². The molecule has 1 aromatic carbocycles. The first kappa shape index (κ1) is 9.75. The number of rotatable bonds is 0. The summed E-state index contributed by atoms with van der Waals surface area (Å²) in [4.78, 5) is 0. The van der Waals surface area contributed by atoms with E-state index in [1.54, 1.807) is 12.1 Å². The Morgan fingerprint density at radius 3 is 1.50 bits per heavy atom. The lowest BCUT2D eigenvalue weighted by molar-refractivity contribution is 1.40. The maximum absolute atomic E-state index is 8.66. The van der Waals surface area contributed by atoms with Crippen LogP contribution in [0, 0.1) is 29.8 Å². The predicted molar refractivity (Wildman–Crippen MR) is 61.3 cm³/mol. The summed E-state index contributed by atoms with van der Waals surface area (Å²) in [5, 5.41) is 17.3. The second kappa shape index (κ2) is 4.06. The second-order valence-corrected chi connectivity index (χ2v) is 4.36. The zero-order valence-electron chi connectivity index (χ0n) is 5.81. The summed E-state index contributed by atoms with van der Waals surface area (Å²) in [7, 11) is 0. The topological polar surface area (TPSA) is 47.6 Å². The average molecular weight is 380 g/mol. The third-order valence-electron chi connectivity index (χ3n) is 1.30. The van der Waals surface area contributed by atoms with Crippen LogP contribution in [-0.2, 0) is 0 Å². The molecule has 0 fully saturated rings. The van der Waals surface area contributed by atoms with Gasteiger partial charge in [-0.15, -0.1) is 0 Å². The van der Waals surface area contributed by atoms with Crippen LogP contribution >= 0.6 is 45.2 Å². The Morgan fingerprint density at radius 2 is 1.25 bits per heavy atom. The predicted octanol–water partition coefficient (Wildman–Crippen LogP) is 2.64. The Kier molecular flexibility index (Phi) is 3.29. The zero-order chi connectivity index (χ0) is 9.14. The maximum atomic E-state index is 8.66. The van der Waals surface area contributed by atoms with E-state index >= 15 is 0 Å². The van der Waals surface area contributed by atoms with Crippen LogP contribution in [0.25, 0.3) is 0 Å². The third kappa shape index (κ3) is 1.87. The lowest BCUT2D eigenvalue weighted by Gasteiger charge is -1.97. The van der Waals surface area contributed by atoms with E-state index in [1.165, 1.54) is 0 Å². The van der Waals surface area contributed by atoms with Crippen LogP contribution in [0.4, 0.5) is 0 Å². The smallest absolute Gasteiger partial charge is 0.101 e. The summed E-state index contributed by atoms with van der Waals surface area (Å²) in [6.45, 7) is 0. The van der Waals surface area contributed by atoms with E-state index in [4.69, 9.17) is 10.5 Å². The van der Waals surface area contributed by atoms with Crippen LogP contribution in [0.15, 0.2) is 12.1 Å². The van der Waals surface area contributed by atoms with Gasteiger partial charge in [-0.3, -0.25) is 0 Å². The quantitative estimate of drug-likeness (QED) is 0.650. The van der Waals surface area contributed by atoms with Crippen LogP contribution < -0.4 is 0 Å². The van der Waals surface area contributed by atoms with Crippen LogP contribution in [0.1, 0.15) is 11.1 Å². The number of nitrogens with zero attached hydrogens (tertiary/aromatic N) is 2. The molecule has 0 bridgehead atoms. The van der Waals surface area contributed by atoms with Crippen molar-refractivity contribution in [3.05, 3.63) is 30.4 Å². The molecular formula is C8H2I2N2. The Labute approximate surface area is 97.5 Å². The van der Waals surface area contributed by atoms with Crippen LogP contribution in [0.5, 0.6) is 0 Å². The monoisotopic (exact) mass is 380 g/mol. The van der Waals surface area contributed by atoms with Gasteiger partial charge in [0.2, 0.25) is 0 Å². The average Bonchev–Trinajstić information content (AvgIpc) is 2.09. The SMILES string of the molecule is N#Cc1cc(I)c(I)cc1C#N. The number of benzene rings is 1. The Balaban J connectivity index is 3.44. The highest BCUT2D eigenvalue weighted by molar-refractivity contribution is 14.1. The largest absolute Gasteiger partial charge is 0.192 e. The molecule has 12 heavy (non-hydrogen) atoms. The first-order chi connectivity index (χ1) is 5.69. The van der Waals surface area contributed by atoms with E-state index in [0.29, 0.717) is 11.1 Å². The van der Waals surface area contributed by atoms with Crippen molar-refractivity contribution >= 4 is 45.2 Å². The molecule has 0 unspecified atom stereocenters. The Bertz CT molecular complexity index is 360. The normalized spacial score (nSPS) is 8.67. The van der Waals surface area contributed by atoms with Crippen molar-refractivity contribution < 1.29 is 0 Å². The first-order valence-electron chi connectivity index (χ1n) is 2.98. The molecule has 0 atom stereocenters. The van der Waals surface area contributed by atoms with E-state index in [-0.39, 0.29) is 0 Å². The molecular weight excluding hydrogens is 378 g/mol. The molecule has 1 rings (SSSR count). The van der Waals surface area contributed by atoms with Gasteiger partial charge in [0, 0.05) is 7.14 Å². The lowest BCUT2D eigenvalue weighted by Crippen LogP contribution is -1.88. The van der Waals surface area contributed by atoms with Gasteiger partial charge in [0.25, 0.3) is 0 Å². The van der Waals surface area contributed by atoms with Crippen LogP contribution in [0.3, 0.4) is 0 Å². The fourth-order valence-corrected chi connectivity index (χ4v) is 1.67. The summed E-state index contributed by atoms with van der Waals surface area (Å²) in [5.74, 6) is 0. The van der Waals surface area contributed by atoms with Gasteiger partial charge in [0.1, 0.15) is 12.1 Å². The van der Waals surface area contributed by atoms with Crippen LogP contribution in [-0.4, -0.2) is 0 Å². The van der Waals surface area contributed by atoms with Gasteiger partial charge in [-0.05, 0) is 57.3 Å². The number of halogens is 2. The third-order valence-corrected chi connectivity index (χ3v) is 4.12. The number of hydrogen-bond donors (Lipinski definition) is 0. The summed E-state index contributed by atoms with van der Waals surface area (Å²) in [6.07, 6.45) is 0. The molecule has 0 N–H and O–H groups in total. The summed E-state index contributed by atoms with van der Waals surface area (Å²) in [6, 6.07) is 7.41. The molecule has 4 heteroatoms. The minimum atomic E-state index is 0.447. The highest BCUT2D eigenvalue weighted by atomic mass is 127.